The van der Waals surface area contributed by atoms with E-state index in [1.165, 1.54) is 29.8 Å². The highest BCUT2D eigenvalue weighted by Gasteiger charge is 2.28. The number of pyridine rings is 1. The molecule has 1 aromatic carbocycles. The minimum atomic E-state index is -3.70. The number of aromatic nitrogens is 1. The Morgan fingerprint density at radius 3 is 2.74 bits per heavy atom. The lowest BCUT2D eigenvalue weighted by Gasteiger charge is -2.22. The van der Waals surface area contributed by atoms with Crippen LogP contribution in [0.2, 0.25) is 0 Å². The van der Waals surface area contributed by atoms with E-state index >= 15 is 0 Å². The highest BCUT2D eigenvalue weighted by molar-refractivity contribution is 7.89. The number of sulfonamides is 1. The molecule has 0 saturated carbocycles. The molecule has 3 aromatic rings. The van der Waals surface area contributed by atoms with Crippen molar-refractivity contribution in [1.82, 2.24) is 9.71 Å². The number of hydrogen-bond donors (Lipinski definition) is 2. The van der Waals surface area contributed by atoms with Crippen molar-refractivity contribution in [2.75, 3.05) is 6.54 Å². The third-order valence-electron chi connectivity index (χ3n) is 3.51. The third-order valence-corrected chi connectivity index (χ3v) is 6.26. The van der Waals surface area contributed by atoms with E-state index in [2.05, 4.69) is 9.71 Å². The van der Waals surface area contributed by atoms with Crippen LogP contribution in [0.1, 0.15) is 11.8 Å². The Morgan fingerprint density at radius 2 is 2.04 bits per heavy atom. The lowest BCUT2D eigenvalue weighted by molar-refractivity contribution is 0.0666. The molecular weight excluding hydrogens is 332 g/mol. The SMILES string of the molecule is C[C@@](O)(CNS(=O)(=O)c1cccnc1)c1cc2ccccc2s1. The summed E-state index contributed by atoms with van der Waals surface area (Å²) in [5, 5.41) is 11.7. The van der Waals surface area contributed by atoms with Crippen LogP contribution >= 0.6 is 11.3 Å². The molecule has 0 aliphatic carbocycles. The number of benzene rings is 1. The van der Waals surface area contributed by atoms with Crippen molar-refractivity contribution in [2.45, 2.75) is 17.4 Å². The lowest BCUT2D eigenvalue weighted by atomic mass is 10.1. The van der Waals surface area contributed by atoms with E-state index in [4.69, 9.17) is 0 Å². The van der Waals surface area contributed by atoms with Gasteiger partial charge in [0.15, 0.2) is 0 Å². The van der Waals surface area contributed by atoms with Gasteiger partial charge in [-0.05, 0) is 36.6 Å². The second kappa shape index (κ2) is 6.01. The van der Waals surface area contributed by atoms with Gasteiger partial charge in [0, 0.05) is 28.5 Å². The van der Waals surface area contributed by atoms with Gasteiger partial charge in [-0.15, -0.1) is 11.3 Å². The summed E-state index contributed by atoms with van der Waals surface area (Å²) in [6, 6.07) is 12.7. The van der Waals surface area contributed by atoms with Gasteiger partial charge in [0.1, 0.15) is 10.5 Å². The highest BCUT2D eigenvalue weighted by atomic mass is 32.2. The standard InChI is InChI=1S/C16H16N2O3S2/c1-16(19,15-9-12-5-2-3-7-14(12)22-15)11-18-23(20,21)13-6-4-8-17-10-13/h2-10,18-19H,11H2,1H3/t16-/m1/s1. The summed E-state index contributed by atoms with van der Waals surface area (Å²) >= 11 is 1.45. The zero-order chi connectivity index (χ0) is 16.5. The maximum Gasteiger partial charge on any atom is 0.242 e. The maximum atomic E-state index is 12.2. The number of hydrogen-bond acceptors (Lipinski definition) is 5. The van der Waals surface area contributed by atoms with E-state index < -0.39 is 15.6 Å². The molecule has 120 valence electrons. The van der Waals surface area contributed by atoms with Crippen LogP contribution in [0.5, 0.6) is 0 Å². The average molecular weight is 348 g/mol. The fraction of sp³-hybridized carbons (Fsp3) is 0.188. The molecule has 0 aliphatic rings. The molecule has 0 saturated heterocycles. The fourth-order valence-corrected chi connectivity index (χ4v) is 4.36. The number of aliphatic hydroxyl groups is 1. The van der Waals surface area contributed by atoms with Crippen molar-refractivity contribution < 1.29 is 13.5 Å². The molecule has 0 radical (unpaired) electrons. The average Bonchev–Trinajstić information content (AvgIpc) is 2.99. The van der Waals surface area contributed by atoms with E-state index in [-0.39, 0.29) is 11.4 Å². The first kappa shape index (κ1) is 16.1. The highest BCUT2D eigenvalue weighted by Crippen LogP contribution is 2.33. The monoisotopic (exact) mass is 348 g/mol. The van der Waals surface area contributed by atoms with Crippen molar-refractivity contribution in [3.05, 3.63) is 59.7 Å². The minimum Gasteiger partial charge on any atom is -0.383 e. The first-order valence-corrected chi connectivity index (χ1v) is 9.30. The number of thiophene rings is 1. The Kier molecular flexibility index (Phi) is 4.20. The number of nitrogens with one attached hydrogen (secondary N) is 1. The molecular formula is C16H16N2O3S2. The molecule has 23 heavy (non-hydrogen) atoms. The first-order valence-electron chi connectivity index (χ1n) is 7.00. The van der Waals surface area contributed by atoms with Gasteiger partial charge in [0.2, 0.25) is 10.0 Å². The van der Waals surface area contributed by atoms with Crippen molar-refractivity contribution in [1.29, 1.82) is 0 Å². The molecule has 2 N–H and O–H groups in total. The van der Waals surface area contributed by atoms with Gasteiger partial charge in [0.25, 0.3) is 0 Å². The molecule has 3 rings (SSSR count). The van der Waals surface area contributed by atoms with Gasteiger partial charge in [-0.1, -0.05) is 18.2 Å². The summed E-state index contributed by atoms with van der Waals surface area (Å²) in [5.41, 5.74) is -1.29. The third kappa shape index (κ3) is 3.42. The predicted octanol–water partition coefficient (Wildman–Crippen LogP) is 2.48. The number of nitrogens with zero attached hydrogens (tertiary/aromatic N) is 1. The summed E-state index contributed by atoms with van der Waals surface area (Å²) in [7, 11) is -3.70. The Hall–Kier alpha value is -1.80. The Bertz CT molecular complexity index is 886. The lowest BCUT2D eigenvalue weighted by Crippen LogP contribution is -2.38. The minimum absolute atomic E-state index is 0.0761. The van der Waals surface area contributed by atoms with Gasteiger partial charge in [-0.3, -0.25) is 4.98 Å². The summed E-state index contributed by atoms with van der Waals surface area (Å²) in [6.45, 7) is 1.49. The molecule has 0 amide bonds. The maximum absolute atomic E-state index is 12.2. The molecule has 0 unspecified atom stereocenters. The van der Waals surface area contributed by atoms with Crippen LogP contribution < -0.4 is 4.72 Å². The molecule has 0 bridgehead atoms. The van der Waals surface area contributed by atoms with Gasteiger partial charge in [-0.2, -0.15) is 0 Å². The van der Waals surface area contributed by atoms with E-state index in [0.29, 0.717) is 4.88 Å². The number of rotatable bonds is 5. The molecule has 2 aromatic heterocycles. The molecule has 0 fully saturated rings. The first-order chi connectivity index (χ1) is 10.9. The van der Waals surface area contributed by atoms with E-state index in [1.807, 2.05) is 30.3 Å². The molecule has 5 nitrogen and oxygen atoms in total. The molecule has 0 spiro atoms. The van der Waals surface area contributed by atoms with Crippen LogP contribution in [0.15, 0.2) is 59.8 Å². The van der Waals surface area contributed by atoms with E-state index in [0.717, 1.165) is 10.1 Å². The quantitative estimate of drug-likeness (QED) is 0.742. The summed E-state index contributed by atoms with van der Waals surface area (Å²) in [6.07, 6.45) is 2.78. The van der Waals surface area contributed by atoms with Gasteiger partial charge < -0.3 is 5.11 Å². The zero-order valence-electron chi connectivity index (χ0n) is 12.4. The molecule has 2 heterocycles. The van der Waals surface area contributed by atoms with Crippen molar-refractivity contribution in [2.24, 2.45) is 0 Å². The predicted molar refractivity (Wildman–Crippen MR) is 90.8 cm³/mol. The summed E-state index contributed by atoms with van der Waals surface area (Å²) < 4.78 is 27.9. The Labute approximate surface area is 138 Å². The Morgan fingerprint density at radius 1 is 1.26 bits per heavy atom. The fourth-order valence-electron chi connectivity index (χ4n) is 2.16. The van der Waals surface area contributed by atoms with E-state index in [9.17, 15) is 13.5 Å². The van der Waals surface area contributed by atoms with Crippen LogP contribution in [0.4, 0.5) is 0 Å². The molecule has 0 aliphatic heterocycles. The van der Waals surface area contributed by atoms with Crippen LogP contribution in [0, 0.1) is 0 Å². The normalized spacial score (nSPS) is 14.7. The molecule has 7 heteroatoms. The molecule has 1 atom stereocenters. The summed E-state index contributed by atoms with van der Waals surface area (Å²) in [5.74, 6) is 0. The largest absolute Gasteiger partial charge is 0.383 e. The second-order valence-electron chi connectivity index (χ2n) is 5.44. The number of fused-ring (bicyclic) bond motifs is 1. The van der Waals surface area contributed by atoms with Crippen molar-refractivity contribution in [3.8, 4) is 0 Å². The van der Waals surface area contributed by atoms with Crippen LogP contribution in [0.3, 0.4) is 0 Å². The van der Waals surface area contributed by atoms with Crippen LogP contribution in [-0.2, 0) is 15.6 Å². The topological polar surface area (TPSA) is 79.3 Å². The Balaban J connectivity index is 1.81. The van der Waals surface area contributed by atoms with Crippen LogP contribution in [0.25, 0.3) is 10.1 Å². The smallest absolute Gasteiger partial charge is 0.242 e. The van der Waals surface area contributed by atoms with Crippen molar-refractivity contribution >= 4 is 31.4 Å². The van der Waals surface area contributed by atoms with Crippen LogP contribution in [-0.4, -0.2) is 25.1 Å². The van der Waals surface area contributed by atoms with Crippen molar-refractivity contribution in [3.63, 3.8) is 0 Å². The second-order valence-corrected chi connectivity index (χ2v) is 8.29. The summed E-state index contributed by atoms with van der Waals surface area (Å²) in [4.78, 5) is 4.59. The zero-order valence-corrected chi connectivity index (χ0v) is 14.1. The van der Waals surface area contributed by atoms with E-state index in [1.54, 1.807) is 13.0 Å². The van der Waals surface area contributed by atoms with Gasteiger partial charge >= 0.3 is 0 Å². The van der Waals surface area contributed by atoms with Gasteiger partial charge in [0.05, 0.1) is 0 Å². The van der Waals surface area contributed by atoms with Gasteiger partial charge in [-0.25, -0.2) is 13.1 Å².